The van der Waals surface area contributed by atoms with Crippen LogP contribution in [0.2, 0.25) is 0 Å². The van der Waals surface area contributed by atoms with E-state index in [1.54, 1.807) is 18.6 Å². The quantitative estimate of drug-likeness (QED) is 0.892. The van der Waals surface area contributed by atoms with Crippen LogP contribution in [0.25, 0.3) is 0 Å². The van der Waals surface area contributed by atoms with Crippen LogP contribution in [0.3, 0.4) is 0 Å². The summed E-state index contributed by atoms with van der Waals surface area (Å²) in [7, 11) is 0. The van der Waals surface area contributed by atoms with Crippen LogP contribution in [-0.2, 0) is 6.54 Å². The third-order valence-corrected chi connectivity index (χ3v) is 2.45. The van der Waals surface area contributed by atoms with Crippen LogP contribution in [0.15, 0.2) is 41.4 Å². The van der Waals surface area contributed by atoms with E-state index in [0.717, 1.165) is 10.0 Å². The number of benzene rings is 1. The molecule has 4 heteroatoms. The van der Waals surface area contributed by atoms with Crippen molar-refractivity contribution in [2.24, 2.45) is 0 Å². The van der Waals surface area contributed by atoms with Crippen molar-refractivity contribution in [1.29, 1.82) is 0 Å². The topological polar surface area (TPSA) is 38.0 Å². The molecule has 0 bridgehead atoms. The summed E-state index contributed by atoms with van der Waals surface area (Å²) in [4.78, 5) is 3.94. The molecule has 0 saturated heterocycles. The predicted octanol–water partition coefficient (Wildman–Crippen LogP) is 2.40. The molecule has 72 valence electrons. The van der Waals surface area contributed by atoms with Crippen molar-refractivity contribution in [2.45, 2.75) is 6.54 Å². The van der Waals surface area contributed by atoms with Crippen LogP contribution in [0.4, 0.5) is 0 Å². The predicted molar refractivity (Wildman–Crippen MR) is 57.1 cm³/mol. The van der Waals surface area contributed by atoms with Gasteiger partial charge in [0.1, 0.15) is 5.75 Å². The van der Waals surface area contributed by atoms with Crippen molar-refractivity contribution in [1.82, 2.24) is 9.55 Å². The maximum absolute atomic E-state index is 9.58. The molecule has 1 aromatic heterocycles. The van der Waals surface area contributed by atoms with E-state index in [2.05, 4.69) is 20.9 Å². The molecular weight excluding hydrogens is 244 g/mol. The number of aromatic hydroxyl groups is 1. The van der Waals surface area contributed by atoms with Gasteiger partial charge in [-0.25, -0.2) is 4.98 Å². The first-order chi connectivity index (χ1) is 6.75. The molecule has 0 amide bonds. The average molecular weight is 253 g/mol. The van der Waals surface area contributed by atoms with Gasteiger partial charge in [-0.2, -0.15) is 0 Å². The van der Waals surface area contributed by atoms with Gasteiger partial charge in [0, 0.05) is 22.4 Å². The summed E-state index contributed by atoms with van der Waals surface area (Å²) >= 11 is 3.36. The number of rotatable bonds is 2. The van der Waals surface area contributed by atoms with Gasteiger partial charge in [0.25, 0.3) is 0 Å². The molecule has 0 atom stereocenters. The Bertz CT molecular complexity index is 426. The van der Waals surface area contributed by atoms with Crippen LogP contribution in [0, 0.1) is 0 Å². The molecule has 0 radical (unpaired) electrons. The fourth-order valence-corrected chi connectivity index (χ4v) is 1.67. The fourth-order valence-electron chi connectivity index (χ4n) is 1.26. The fraction of sp³-hybridized carbons (Fsp3) is 0.100. The van der Waals surface area contributed by atoms with Gasteiger partial charge in [-0.3, -0.25) is 0 Å². The number of phenols is 1. The van der Waals surface area contributed by atoms with Gasteiger partial charge in [-0.05, 0) is 18.2 Å². The van der Waals surface area contributed by atoms with E-state index in [-0.39, 0.29) is 0 Å². The minimum atomic E-state index is 0.307. The Morgan fingerprint density at radius 3 is 3.00 bits per heavy atom. The summed E-state index contributed by atoms with van der Waals surface area (Å²) in [5, 5.41) is 9.58. The summed E-state index contributed by atoms with van der Waals surface area (Å²) in [6, 6.07) is 5.39. The third-order valence-electron chi connectivity index (χ3n) is 1.95. The summed E-state index contributed by atoms with van der Waals surface area (Å²) in [5.74, 6) is 0.307. The number of phenolic OH excluding ortho intramolecular Hbond substituents is 1. The SMILES string of the molecule is Oc1ccc(Br)cc1Cn1ccnc1. The second kappa shape index (κ2) is 3.84. The molecule has 3 nitrogen and oxygen atoms in total. The zero-order valence-electron chi connectivity index (χ0n) is 7.39. The average Bonchev–Trinajstić information content (AvgIpc) is 2.64. The van der Waals surface area contributed by atoms with Crippen molar-refractivity contribution < 1.29 is 5.11 Å². The normalized spacial score (nSPS) is 10.4. The number of aromatic nitrogens is 2. The highest BCUT2D eigenvalue weighted by atomic mass is 79.9. The standard InChI is InChI=1S/C10H9BrN2O/c11-9-1-2-10(14)8(5-9)6-13-4-3-12-7-13/h1-5,7,14H,6H2. The molecular formula is C10H9BrN2O. The van der Waals surface area contributed by atoms with Crippen molar-refractivity contribution in [3.63, 3.8) is 0 Å². The molecule has 0 aliphatic rings. The lowest BCUT2D eigenvalue weighted by molar-refractivity contribution is 0.465. The van der Waals surface area contributed by atoms with Crippen LogP contribution < -0.4 is 0 Å². The van der Waals surface area contributed by atoms with Gasteiger partial charge in [-0.1, -0.05) is 15.9 Å². The zero-order valence-corrected chi connectivity index (χ0v) is 8.98. The Hall–Kier alpha value is -1.29. The third kappa shape index (κ3) is 1.96. The first-order valence-electron chi connectivity index (χ1n) is 4.19. The lowest BCUT2D eigenvalue weighted by atomic mass is 10.2. The van der Waals surface area contributed by atoms with Gasteiger partial charge in [0.15, 0.2) is 0 Å². The van der Waals surface area contributed by atoms with Gasteiger partial charge in [-0.15, -0.1) is 0 Å². The van der Waals surface area contributed by atoms with E-state index in [1.807, 2.05) is 22.9 Å². The molecule has 0 unspecified atom stereocenters. The van der Waals surface area contributed by atoms with Crippen molar-refractivity contribution >= 4 is 15.9 Å². The molecule has 0 aliphatic heterocycles. The molecule has 1 N–H and O–H groups in total. The summed E-state index contributed by atoms with van der Waals surface area (Å²) in [6.07, 6.45) is 5.30. The largest absolute Gasteiger partial charge is 0.508 e. The highest BCUT2D eigenvalue weighted by molar-refractivity contribution is 9.10. The molecule has 0 spiro atoms. The number of hydrogen-bond acceptors (Lipinski definition) is 2. The van der Waals surface area contributed by atoms with Crippen LogP contribution in [0.5, 0.6) is 5.75 Å². The molecule has 0 saturated carbocycles. The molecule has 2 rings (SSSR count). The van der Waals surface area contributed by atoms with Gasteiger partial charge >= 0.3 is 0 Å². The molecule has 1 aromatic carbocycles. The van der Waals surface area contributed by atoms with E-state index in [0.29, 0.717) is 12.3 Å². The summed E-state index contributed by atoms with van der Waals surface area (Å²) < 4.78 is 2.87. The van der Waals surface area contributed by atoms with Crippen molar-refractivity contribution in [3.8, 4) is 5.75 Å². The monoisotopic (exact) mass is 252 g/mol. The van der Waals surface area contributed by atoms with Gasteiger partial charge < -0.3 is 9.67 Å². The summed E-state index contributed by atoms with van der Waals surface area (Å²) in [6.45, 7) is 0.630. The molecule has 0 fully saturated rings. The number of nitrogens with zero attached hydrogens (tertiary/aromatic N) is 2. The van der Waals surface area contributed by atoms with Gasteiger partial charge in [0.2, 0.25) is 0 Å². The van der Waals surface area contributed by atoms with E-state index < -0.39 is 0 Å². The van der Waals surface area contributed by atoms with Crippen LogP contribution in [-0.4, -0.2) is 14.7 Å². The minimum absolute atomic E-state index is 0.307. The Balaban J connectivity index is 2.28. The smallest absolute Gasteiger partial charge is 0.120 e. The maximum atomic E-state index is 9.58. The van der Waals surface area contributed by atoms with E-state index in [9.17, 15) is 5.11 Å². The first kappa shape index (κ1) is 9.27. The number of halogens is 1. The van der Waals surface area contributed by atoms with Crippen LogP contribution in [0.1, 0.15) is 5.56 Å². The number of hydrogen-bond donors (Lipinski definition) is 1. The Kier molecular flexibility index (Phi) is 2.54. The highest BCUT2D eigenvalue weighted by Gasteiger charge is 2.02. The molecule has 1 heterocycles. The van der Waals surface area contributed by atoms with Crippen molar-refractivity contribution in [2.75, 3.05) is 0 Å². The summed E-state index contributed by atoms with van der Waals surface area (Å²) in [5.41, 5.74) is 0.873. The first-order valence-corrected chi connectivity index (χ1v) is 4.98. The van der Waals surface area contributed by atoms with E-state index >= 15 is 0 Å². The Labute approximate surface area is 90.2 Å². The zero-order chi connectivity index (χ0) is 9.97. The molecule has 2 aromatic rings. The highest BCUT2D eigenvalue weighted by Crippen LogP contribution is 2.22. The Morgan fingerprint density at radius 2 is 2.29 bits per heavy atom. The molecule has 0 aliphatic carbocycles. The maximum Gasteiger partial charge on any atom is 0.120 e. The Morgan fingerprint density at radius 1 is 1.43 bits per heavy atom. The number of imidazole rings is 1. The molecule has 14 heavy (non-hydrogen) atoms. The van der Waals surface area contributed by atoms with E-state index in [4.69, 9.17) is 0 Å². The van der Waals surface area contributed by atoms with Gasteiger partial charge in [0.05, 0.1) is 12.9 Å². The van der Waals surface area contributed by atoms with Crippen LogP contribution >= 0.6 is 15.9 Å². The lowest BCUT2D eigenvalue weighted by Crippen LogP contribution is -1.96. The minimum Gasteiger partial charge on any atom is -0.508 e. The van der Waals surface area contributed by atoms with E-state index in [1.165, 1.54) is 0 Å². The second-order valence-corrected chi connectivity index (χ2v) is 3.92. The lowest BCUT2D eigenvalue weighted by Gasteiger charge is -2.05. The second-order valence-electron chi connectivity index (χ2n) is 3.01. The van der Waals surface area contributed by atoms with Crippen molar-refractivity contribution in [3.05, 3.63) is 47.0 Å².